The van der Waals surface area contributed by atoms with Crippen LogP contribution in [0.15, 0.2) is 54.6 Å². The molecule has 0 atom stereocenters. The number of hydrogen-bond donors (Lipinski definition) is 1. The monoisotopic (exact) mass is 492 g/mol. The second-order valence-corrected chi connectivity index (χ2v) is 9.18. The molecule has 1 aliphatic heterocycles. The summed E-state index contributed by atoms with van der Waals surface area (Å²) in [5.74, 6) is 0.829. The summed E-state index contributed by atoms with van der Waals surface area (Å²) in [6, 6.07) is 15.6. The predicted molar refractivity (Wildman–Crippen MR) is 145 cm³/mol. The zero-order chi connectivity index (χ0) is 25.8. The number of nitrogens with zero attached hydrogens (tertiary/aromatic N) is 3. The van der Waals surface area contributed by atoms with Crippen LogP contribution in [0.5, 0.6) is 5.75 Å². The number of urea groups is 1. The highest BCUT2D eigenvalue weighted by atomic mass is 16.5. The van der Waals surface area contributed by atoms with E-state index in [1.807, 2.05) is 77.4 Å². The number of unbranched alkanes of at least 4 members (excludes halogenated alkanes) is 1. The molecule has 7 nitrogen and oxygen atoms in total. The summed E-state index contributed by atoms with van der Waals surface area (Å²) >= 11 is 0. The van der Waals surface area contributed by atoms with Gasteiger partial charge in [0.25, 0.3) is 5.91 Å². The van der Waals surface area contributed by atoms with Crippen molar-refractivity contribution in [2.45, 2.75) is 26.7 Å². The first-order chi connectivity index (χ1) is 17.5. The molecule has 3 amide bonds. The maximum Gasteiger partial charge on any atom is 0.317 e. The van der Waals surface area contributed by atoms with Crippen molar-refractivity contribution in [2.75, 3.05) is 59.5 Å². The summed E-state index contributed by atoms with van der Waals surface area (Å²) in [7, 11) is 1.66. The average molecular weight is 493 g/mol. The topological polar surface area (TPSA) is 65.1 Å². The van der Waals surface area contributed by atoms with Gasteiger partial charge in [0.2, 0.25) is 0 Å². The molecule has 3 rings (SSSR count). The number of carbonyl (C=O) groups is 2. The minimum atomic E-state index is 0.0219. The number of rotatable bonds is 11. The molecule has 194 valence electrons. The third-order valence-corrected chi connectivity index (χ3v) is 6.50. The van der Waals surface area contributed by atoms with Crippen molar-refractivity contribution in [1.29, 1.82) is 0 Å². The molecule has 1 aliphatic rings. The lowest BCUT2D eigenvalue weighted by atomic mass is 10.1. The molecule has 1 heterocycles. The SMILES string of the molecule is CCCCNC(=O)N1CCN(CCN(C/C=C/c2ccccc2OC)C(=O)c2ccc(C)cc2)CC1. The Kier molecular flexibility index (Phi) is 10.8. The molecule has 7 heteroatoms. The first-order valence-electron chi connectivity index (χ1n) is 12.9. The molecule has 1 N–H and O–H groups in total. The lowest BCUT2D eigenvalue weighted by molar-refractivity contribution is 0.0738. The number of piperazine rings is 1. The number of aryl methyl sites for hydroxylation is 1. The molecule has 0 aromatic heterocycles. The highest BCUT2D eigenvalue weighted by Crippen LogP contribution is 2.19. The Morgan fingerprint density at radius 2 is 1.78 bits per heavy atom. The third kappa shape index (κ3) is 8.12. The number of ether oxygens (including phenoxy) is 1. The minimum Gasteiger partial charge on any atom is -0.496 e. The van der Waals surface area contributed by atoms with Crippen LogP contribution in [-0.2, 0) is 0 Å². The van der Waals surface area contributed by atoms with E-state index in [0.717, 1.165) is 55.9 Å². The molecular weight excluding hydrogens is 452 g/mol. The van der Waals surface area contributed by atoms with Crippen molar-refractivity contribution < 1.29 is 14.3 Å². The van der Waals surface area contributed by atoms with Gasteiger partial charge in [0.05, 0.1) is 7.11 Å². The Morgan fingerprint density at radius 1 is 1.06 bits per heavy atom. The molecule has 0 bridgehead atoms. The number of amides is 3. The summed E-state index contributed by atoms with van der Waals surface area (Å²) in [4.78, 5) is 31.8. The van der Waals surface area contributed by atoms with Crippen LogP contribution in [0.3, 0.4) is 0 Å². The van der Waals surface area contributed by atoms with E-state index in [-0.39, 0.29) is 11.9 Å². The van der Waals surface area contributed by atoms with Crippen molar-refractivity contribution in [1.82, 2.24) is 20.0 Å². The molecule has 1 saturated heterocycles. The number of nitrogens with one attached hydrogen (secondary N) is 1. The van der Waals surface area contributed by atoms with Crippen molar-refractivity contribution in [3.63, 3.8) is 0 Å². The largest absolute Gasteiger partial charge is 0.496 e. The molecule has 2 aromatic carbocycles. The highest BCUT2D eigenvalue weighted by molar-refractivity contribution is 5.94. The summed E-state index contributed by atoms with van der Waals surface area (Å²) < 4.78 is 5.44. The van der Waals surface area contributed by atoms with Gasteiger partial charge in [-0.25, -0.2) is 4.79 Å². The van der Waals surface area contributed by atoms with Gasteiger partial charge in [-0.2, -0.15) is 0 Å². The quantitative estimate of drug-likeness (QED) is 0.476. The summed E-state index contributed by atoms with van der Waals surface area (Å²) in [6.07, 6.45) is 6.09. The lowest BCUT2D eigenvalue weighted by Gasteiger charge is -2.35. The summed E-state index contributed by atoms with van der Waals surface area (Å²) in [5, 5.41) is 3.00. The van der Waals surface area contributed by atoms with Gasteiger partial charge in [-0.15, -0.1) is 0 Å². The normalized spacial score (nSPS) is 14.1. The number of carbonyl (C=O) groups excluding carboxylic acids is 2. The van der Waals surface area contributed by atoms with E-state index in [1.165, 1.54) is 0 Å². The zero-order valence-electron chi connectivity index (χ0n) is 21.9. The molecule has 2 aromatic rings. The molecule has 0 saturated carbocycles. The molecule has 0 aliphatic carbocycles. The van der Waals surface area contributed by atoms with E-state index in [9.17, 15) is 9.59 Å². The zero-order valence-corrected chi connectivity index (χ0v) is 21.9. The van der Waals surface area contributed by atoms with E-state index in [1.54, 1.807) is 7.11 Å². The molecular formula is C29H40N4O3. The van der Waals surface area contributed by atoms with Crippen molar-refractivity contribution in [3.8, 4) is 5.75 Å². The van der Waals surface area contributed by atoms with Crippen LogP contribution >= 0.6 is 0 Å². The molecule has 0 unspecified atom stereocenters. The minimum absolute atomic E-state index is 0.0219. The molecule has 0 spiro atoms. The average Bonchev–Trinajstić information content (AvgIpc) is 2.91. The van der Waals surface area contributed by atoms with Crippen LogP contribution in [0.4, 0.5) is 4.79 Å². The Balaban J connectivity index is 1.59. The number of para-hydroxylation sites is 1. The molecule has 36 heavy (non-hydrogen) atoms. The van der Waals surface area contributed by atoms with Crippen molar-refractivity contribution in [3.05, 3.63) is 71.3 Å². The van der Waals surface area contributed by atoms with Crippen LogP contribution in [0, 0.1) is 6.92 Å². The van der Waals surface area contributed by atoms with Gasteiger partial charge >= 0.3 is 6.03 Å². The Morgan fingerprint density at radius 3 is 2.47 bits per heavy atom. The second kappa shape index (κ2) is 14.3. The van der Waals surface area contributed by atoms with Gasteiger partial charge in [-0.05, 0) is 31.5 Å². The fourth-order valence-corrected chi connectivity index (χ4v) is 4.19. The number of methoxy groups -OCH3 is 1. The van der Waals surface area contributed by atoms with Crippen LogP contribution in [0.2, 0.25) is 0 Å². The first-order valence-corrected chi connectivity index (χ1v) is 12.9. The van der Waals surface area contributed by atoms with Gasteiger partial charge in [-0.3, -0.25) is 9.69 Å². The molecule has 1 fully saturated rings. The Bertz CT molecular complexity index is 998. The van der Waals surface area contributed by atoms with Crippen LogP contribution in [0.25, 0.3) is 6.08 Å². The van der Waals surface area contributed by atoms with Gasteiger partial charge in [0, 0.05) is 63.5 Å². The lowest BCUT2D eigenvalue weighted by Crippen LogP contribution is -2.53. The maximum atomic E-state index is 13.3. The number of benzene rings is 2. The van der Waals surface area contributed by atoms with Gasteiger partial charge in [0.15, 0.2) is 0 Å². The standard InChI is InChI=1S/C29H40N4O3/c1-4-5-16-30-29(35)33-22-19-31(20-23-33)18-21-32(28(34)26-14-12-24(2)13-15-26)17-8-10-25-9-6-7-11-27(25)36-3/h6-15H,4-5,16-23H2,1-3H3,(H,30,35)/b10-8+. The van der Waals surface area contributed by atoms with Gasteiger partial charge in [0.1, 0.15) is 5.75 Å². The number of hydrogen-bond acceptors (Lipinski definition) is 4. The van der Waals surface area contributed by atoms with E-state index in [0.29, 0.717) is 31.7 Å². The summed E-state index contributed by atoms with van der Waals surface area (Å²) in [6.45, 7) is 9.79. The second-order valence-electron chi connectivity index (χ2n) is 9.18. The fourth-order valence-electron chi connectivity index (χ4n) is 4.19. The Hall–Kier alpha value is -3.32. The van der Waals surface area contributed by atoms with E-state index in [4.69, 9.17) is 4.74 Å². The van der Waals surface area contributed by atoms with Gasteiger partial charge < -0.3 is 19.9 Å². The first kappa shape index (κ1) is 27.3. The van der Waals surface area contributed by atoms with Crippen molar-refractivity contribution >= 4 is 18.0 Å². The van der Waals surface area contributed by atoms with Crippen molar-refractivity contribution in [2.24, 2.45) is 0 Å². The predicted octanol–water partition coefficient (Wildman–Crippen LogP) is 4.29. The van der Waals surface area contributed by atoms with Crippen LogP contribution in [0.1, 0.15) is 41.3 Å². The third-order valence-electron chi connectivity index (χ3n) is 6.50. The molecule has 0 radical (unpaired) electrons. The van der Waals surface area contributed by atoms with E-state index in [2.05, 4.69) is 17.1 Å². The van der Waals surface area contributed by atoms with Crippen LogP contribution in [-0.4, -0.2) is 86.1 Å². The maximum absolute atomic E-state index is 13.3. The van der Waals surface area contributed by atoms with E-state index < -0.39 is 0 Å². The van der Waals surface area contributed by atoms with Crippen LogP contribution < -0.4 is 10.1 Å². The van der Waals surface area contributed by atoms with Gasteiger partial charge in [-0.1, -0.05) is 61.4 Å². The fraction of sp³-hybridized carbons (Fsp3) is 0.448. The Labute approximate surface area is 215 Å². The van der Waals surface area contributed by atoms with E-state index >= 15 is 0 Å². The highest BCUT2D eigenvalue weighted by Gasteiger charge is 2.22. The smallest absolute Gasteiger partial charge is 0.317 e. The summed E-state index contributed by atoms with van der Waals surface area (Å²) in [5.41, 5.74) is 2.81.